The molecule has 7 heteroatoms. The van der Waals surface area contributed by atoms with E-state index in [2.05, 4.69) is 5.32 Å². The molecule has 1 aromatic rings. The number of carbonyl (C=O) groups is 2. The van der Waals surface area contributed by atoms with Crippen molar-refractivity contribution >= 4 is 11.9 Å². The van der Waals surface area contributed by atoms with Gasteiger partial charge in [-0.25, -0.2) is 13.6 Å². The molecule has 1 unspecified atom stereocenters. The minimum Gasteiger partial charge on any atom is -0.478 e. The fraction of sp³-hybridized carbons (Fsp3) is 0.429. The van der Waals surface area contributed by atoms with Gasteiger partial charge in [0.1, 0.15) is 0 Å². The smallest absolute Gasteiger partial charge is 0.336 e. The zero-order valence-electron chi connectivity index (χ0n) is 12.1. The van der Waals surface area contributed by atoms with Gasteiger partial charge in [-0.3, -0.25) is 4.79 Å². The van der Waals surface area contributed by atoms with Crippen LogP contribution in [-0.4, -0.2) is 48.6 Å². The van der Waals surface area contributed by atoms with E-state index < -0.39 is 34.6 Å². The molecule has 0 radical (unpaired) electrons. The van der Waals surface area contributed by atoms with Crippen LogP contribution in [0.15, 0.2) is 12.1 Å². The predicted octanol–water partition coefficient (Wildman–Crippen LogP) is 1.73. The first-order chi connectivity index (χ1) is 9.72. The molecule has 0 spiro atoms. The fourth-order valence-corrected chi connectivity index (χ4v) is 1.74. The molecule has 2 N–H and O–H groups in total. The van der Waals surface area contributed by atoms with Crippen molar-refractivity contribution in [1.29, 1.82) is 0 Å². The molecule has 1 rings (SSSR count). The molecule has 0 aromatic heterocycles. The lowest BCUT2D eigenvalue weighted by Crippen LogP contribution is -2.35. The van der Waals surface area contributed by atoms with E-state index in [0.29, 0.717) is 18.6 Å². The van der Waals surface area contributed by atoms with Crippen LogP contribution in [0.5, 0.6) is 0 Å². The SMILES string of the molecule is CC(CCN(C)C)NC(=O)c1cc(F)c(F)cc1C(=O)O. The number of aromatic carboxylic acids is 1. The number of carbonyl (C=O) groups excluding carboxylic acids is 1. The Hall–Kier alpha value is -2.02. The zero-order chi connectivity index (χ0) is 16.2. The highest BCUT2D eigenvalue weighted by molar-refractivity contribution is 6.04. The van der Waals surface area contributed by atoms with Crippen molar-refractivity contribution in [2.75, 3.05) is 20.6 Å². The number of carboxylic acids is 1. The van der Waals surface area contributed by atoms with Gasteiger partial charge < -0.3 is 15.3 Å². The standard InChI is InChI=1S/C14H18F2N2O3/c1-8(4-5-18(2)3)17-13(19)9-6-11(15)12(16)7-10(9)14(20)21/h6-8H,4-5H2,1-3H3,(H,17,19)(H,20,21). The Morgan fingerprint density at radius 1 is 1.24 bits per heavy atom. The third-order valence-corrected chi connectivity index (χ3v) is 2.92. The van der Waals surface area contributed by atoms with Crippen LogP contribution < -0.4 is 5.32 Å². The normalized spacial score (nSPS) is 12.3. The molecule has 5 nitrogen and oxygen atoms in total. The molecule has 1 amide bonds. The topological polar surface area (TPSA) is 69.6 Å². The molecule has 1 aromatic carbocycles. The van der Waals surface area contributed by atoms with E-state index in [1.54, 1.807) is 6.92 Å². The fourth-order valence-electron chi connectivity index (χ4n) is 1.74. The molecular formula is C14H18F2N2O3. The first-order valence-electron chi connectivity index (χ1n) is 6.40. The lowest BCUT2D eigenvalue weighted by atomic mass is 10.1. The lowest BCUT2D eigenvalue weighted by Gasteiger charge is -2.17. The molecule has 0 fully saturated rings. The van der Waals surface area contributed by atoms with Crippen LogP contribution in [0.25, 0.3) is 0 Å². The van der Waals surface area contributed by atoms with Crippen molar-refractivity contribution in [3.63, 3.8) is 0 Å². The van der Waals surface area contributed by atoms with E-state index in [1.165, 1.54) is 0 Å². The minimum atomic E-state index is -1.49. The van der Waals surface area contributed by atoms with Gasteiger partial charge in [0.15, 0.2) is 11.6 Å². The van der Waals surface area contributed by atoms with Gasteiger partial charge in [-0.2, -0.15) is 0 Å². The van der Waals surface area contributed by atoms with Gasteiger partial charge in [-0.05, 0) is 46.1 Å². The molecule has 0 bridgehead atoms. The molecule has 0 saturated heterocycles. The Kier molecular flexibility index (Phi) is 5.78. The van der Waals surface area contributed by atoms with E-state index in [1.807, 2.05) is 19.0 Å². The van der Waals surface area contributed by atoms with Gasteiger partial charge in [-0.1, -0.05) is 0 Å². The molecule has 0 aliphatic rings. The summed E-state index contributed by atoms with van der Waals surface area (Å²) in [5, 5.41) is 11.5. The maximum atomic E-state index is 13.2. The number of nitrogens with one attached hydrogen (secondary N) is 1. The molecule has 1 atom stereocenters. The van der Waals surface area contributed by atoms with E-state index in [4.69, 9.17) is 5.11 Å². The Morgan fingerprint density at radius 3 is 2.24 bits per heavy atom. The largest absolute Gasteiger partial charge is 0.478 e. The maximum Gasteiger partial charge on any atom is 0.336 e. The van der Waals surface area contributed by atoms with E-state index >= 15 is 0 Å². The van der Waals surface area contributed by atoms with Crippen molar-refractivity contribution in [1.82, 2.24) is 10.2 Å². The molecule has 116 valence electrons. The number of benzene rings is 1. The van der Waals surface area contributed by atoms with Gasteiger partial charge in [-0.15, -0.1) is 0 Å². The molecule has 0 heterocycles. The number of hydrogen-bond donors (Lipinski definition) is 2. The average Bonchev–Trinajstić information content (AvgIpc) is 2.38. The predicted molar refractivity (Wildman–Crippen MR) is 73.4 cm³/mol. The van der Waals surface area contributed by atoms with Crippen LogP contribution >= 0.6 is 0 Å². The maximum absolute atomic E-state index is 13.2. The van der Waals surface area contributed by atoms with Crippen molar-refractivity contribution in [2.45, 2.75) is 19.4 Å². The summed E-state index contributed by atoms with van der Waals surface area (Å²) in [6.07, 6.45) is 0.644. The highest BCUT2D eigenvalue weighted by atomic mass is 19.2. The summed E-state index contributed by atoms with van der Waals surface area (Å²) >= 11 is 0. The van der Waals surface area contributed by atoms with Gasteiger partial charge in [0.25, 0.3) is 5.91 Å². The molecule has 0 aliphatic heterocycles. The second kappa shape index (κ2) is 7.12. The van der Waals surface area contributed by atoms with Crippen molar-refractivity contribution < 1.29 is 23.5 Å². The summed E-state index contributed by atoms with van der Waals surface area (Å²) in [4.78, 5) is 25.0. The first kappa shape index (κ1) is 17.0. The molecular weight excluding hydrogens is 282 g/mol. The van der Waals surface area contributed by atoms with Crippen LogP contribution in [0.4, 0.5) is 8.78 Å². The van der Waals surface area contributed by atoms with Crippen molar-refractivity contribution in [2.24, 2.45) is 0 Å². The van der Waals surface area contributed by atoms with Crippen LogP contribution in [-0.2, 0) is 0 Å². The highest BCUT2D eigenvalue weighted by Crippen LogP contribution is 2.15. The quantitative estimate of drug-likeness (QED) is 0.839. The highest BCUT2D eigenvalue weighted by Gasteiger charge is 2.21. The molecule has 21 heavy (non-hydrogen) atoms. The number of hydrogen-bond acceptors (Lipinski definition) is 3. The van der Waals surface area contributed by atoms with E-state index in [9.17, 15) is 18.4 Å². The lowest BCUT2D eigenvalue weighted by molar-refractivity contribution is 0.0689. The second-order valence-corrected chi connectivity index (χ2v) is 5.08. The Balaban J connectivity index is 2.91. The van der Waals surface area contributed by atoms with Crippen molar-refractivity contribution in [3.8, 4) is 0 Å². The van der Waals surface area contributed by atoms with E-state index in [-0.39, 0.29) is 6.04 Å². The summed E-state index contributed by atoms with van der Waals surface area (Å²) in [6, 6.07) is 0.888. The Morgan fingerprint density at radius 2 is 1.76 bits per heavy atom. The first-order valence-corrected chi connectivity index (χ1v) is 6.40. The third-order valence-electron chi connectivity index (χ3n) is 2.92. The number of amides is 1. The minimum absolute atomic E-state index is 0.227. The average molecular weight is 300 g/mol. The van der Waals surface area contributed by atoms with Crippen LogP contribution in [0.3, 0.4) is 0 Å². The number of carboxylic acid groups (broad SMARTS) is 1. The number of rotatable bonds is 6. The summed E-state index contributed by atoms with van der Waals surface area (Å²) in [7, 11) is 3.76. The molecule has 0 aliphatic carbocycles. The molecule has 0 saturated carbocycles. The summed E-state index contributed by atoms with van der Waals surface area (Å²) in [5.74, 6) is -4.78. The Bertz CT molecular complexity index is 547. The second-order valence-electron chi connectivity index (χ2n) is 5.08. The number of halogens is 2. The van der Waals surface area contributed by atoms with Gasteiger partial charge in [0.05, 0.1) is 11.1 Å². The Labute approximate surface area is 121 Å². The van der Waals surface area contributed by atoms with Gasteiger partial charge >= 0.3 is 5.97 Å². The summed E-state index contributed by atoms with van der Waals surface area (Å²) in [6.45, 7) is 2.48. The number of nitrogens with zero attached hydrogens (tertiary/aromatic N) is 1. The monoisotopic (exact) mass is 300 g/mol. The summed E-state index contributed by atoms with van der Waals surface area (Å²) < 4.78 is 26.3. The van der Waals surface area contributed by atoms with Crippen molar-refractivity contribution in [3.05, 3.63) is 34.9 Å². The van der Waals surface area contributed by atoms with E-state index in [0.717, 1.165) is 6.54 Å². The summed E-state index contributed by atoms with van der Waals surface area (Å²) in [5.41, 5.74) is -0.954. The van der Waals surface area contributed by atoms with Crippen LogP contribution in [0, 0.1) is 11.6 Å². The van der Waals surface area contributed by atoms with Crippen LogP contribution in [0.2, 0.25) is 0 Å². The van der Waals surface area contributed by atoms with Gasteiger partial charge in [0.2, 0.25) is 0 Å². The third kappa shape index (κ3) is 4.78. The van der Waals surface area contributed by atoms with Crippen LogP contribution in [0.1, 0.15) is 34.1 Å². The van der Waals surface area contributed by atoms with Gasteiger partial charge in [0, 0.05) is 6.04 Å². The zero-order valence-corrected chi connectivity index (χ0v) is 12.1.